The number of alkyl halides is 2. The third kappa shape index (κ3) is 2.98. The van der Waals surface area contributed by atoms with Crippen LogP contribution in [0.2, 0.25) is 0 Å². The minimum atomic E-state index is -3.70. The second-order valence-electron chi connectivity index (χ2n) is 3.97. The molecule has 0 fully saturated rings. The molecule has 0 spiro atoms. The maximum absolute atomic E-state index is 13.9. The van der Waals surface area contributed by atoms with Crippen molar-refractivity contribution in [3.05, 3.63) is 64.4 Å². The van der Waals surface area contributed by atoms with Crippen molar-refractivity contribution < 1.29 is 13.6 Å². The molecule has 20 heavy (non-hydrogen) atoms. The third-order valence-corrected chi connectivity index (χ3v) is 3.45. The van der Waals surface area contributed by atoms with Gasteiger partial charge < -0.3 is 0 Å². The Morgan fingerprint density at radius 2 is 1.90 bits per heavy atom. The summed E-state index contributed by atoms with van der Waals surface area (Å²) in [4.78, 5) is 11.7. The van der Waals surface area contributed by atoms with E-state index in [4.69, 9.17) is 5.26 Å². The molecule has 5 heteroatoms. The predicted molar refractivity (Wildman–Crippen MR) is 73.6 cm³/mol. The number of allylic oxidation sites excluding steroid dienone is 2. The van der Waals surface area contributed by atoms with Crippen LogP contribution in [-0.4, -0.2) is 11.7 Å². The summed E-state index contributed by atoms with van der Waals surface area (Å²) in [6, 6.07) is 12.6. The first-order valence-electron chi connectivity index (χ1n) is 5.69. The minimum Gasteiger partial charge on any atom is -0.286 e. The average Bonchev–Trinajstić information content (AvgIpc) is 2.99. The quantitative estimate of drug-likeness (QED) is 0.626. The van der Waals surface area contributed by atoms with E-state index in [2.05, 4.69) is 0 Å². The van der Waals surface area contributed by atoms with Crippen LogP contribution >= 0.6 is 11.3 Å². The van der Waals surface area contributed by atoms with Crippen LogP contribution in [0.4, 0.5) is 8.78 Å². The number of hydrogen-bond donors (Lipinski definition) is 0. The average molecular weight is 289 g/mol. The maximum atomic E-state index is 13.9. The molecule has 0 aliphatic heterocycles. The summed E-state index contributed by atoms with van der Waals surface area (Å²) < 4.78 is 27.9. The van der Waals surface area contributed by atoms with Gasteiger partial charge in [0, 0.05) is 6.08 Å². The van der Waals surface area contributed by atoms with Crippen molar-refractivity contribution >= 4 is 22.7 Å². The molecular weight excluding hydrogens is 280 g/mol. The summed E-state index contributed by atoms with van der Waals surface area (Å²) in [5.74, 6) is -5.00. The van der Waals surface area contributed by atoms with E-state index in [9.17, 15) is 13.6 Å². The molecule has 1 heterocycles. The van der Waals surface area contributed by atoms with E-state index in [-0.39, 0.29) is 10.5 Å². The Balaban J connectivity index is 2.37. The number of hydrogen-bond acceptors (Lipinski definition) is 3. The van der Waals surface area contributed by atoms with Crippen molar-refractivity contribution in [3.8, 4) is 6.07 Å². The van der Waals surface area contributed by atoms with Gasteiger partial charge in [-0.15, -0.1) is 11.3 Å². The van der Waals surface area contributed by atoms with Crippen molar-refractivity contribution in [1.29, 1.82) is 5.26 Å². The molecule has 1 aromatic heterocycles. The standard InChI is InChI=1S/C15H9F2NOS/c16-15(17,14(19)13-7-4-8-20-13)9-12(10-18)11-5-2-1-3-6-11/h1-9H/b12-9-. The summed E-state index contributed by atoms with van der Waals surface area (Å²) in [5, 5.41) is 10.5. The van der Waals surface area contributed by atoms with E-state index in [1.165, 1.54) is 12.1 Å². The van der Waals surface area contributed by atoms with Crippen molar-refractivity contribution in [3.63, 3.8) is 0 Å². The molecule has 2 aromatic rings. The normalized spacial score (nSPS) is 11.9. The second-order valence-corrected chi connectivity index (χ2v) is 4.91. The highest BCUT2D eigenvalue weighted by Gasteiger charge is 2.38. The number of thiophene rings is 1. The zero-order chi connectivity index (χ0) is 14.6. The Labute approximate surface area is 118 Å². The van der Waals surface area contributed by atoms with Crippen molar-refractivity contribution in [2.75, 3.05) is 0 Å². The number of carbonyl (C=O) groups excluding carboxylic acids is 1. The Kier molecular flexibility index (Phi) is 4.06. The van der Waals surface area contributed by atoms with Gasteiger partial charge in [0.2, 0.25) is 5.78 Å². The molecular formula is C15H9F2NOS. The van der Waals surface area contributed by atoms with E-state index in [1.54, 1.807) is 41.8 Å². The molecule has 0 aliphatic rings. The first kappa shape index (κ1) is 14.1. The minimum absolute atomic E-state index is 0.0309. The van der Waals surface area contributed by atoms with Crippen LogP contribution < -0.4 is 0 Å². The summed E-state index contributed by atoms with van der Waals surface area (Å²) in [7, 11) is 0. The zero-order valence-electron chi connectivity index (χ0n) is 10.2. The summed E-state index contributed by atoms with van der Waals surface area (Å²) in [6.07, 6.45) is 0.421. The first-order valence-corrected chi connectivity index (χ1v) is 6.57. The Bertz CT molecular complexity index is 670. The smallest absolute Gasteiger partial charge is 0.286 e. The lowest BCUT2D eigenvalue weighted by Crippen LogP contribution is -2.25. The lowest BCUT2D eigenvalue weighted by Gasteiger charge is -2.10. The molecule has 0 saturated carbocycles. The van der Waals surface area contributed by atoms with Gasteiger partial charge >= 0.3 is 5.92 Å². The largest absolute Gasteiger partial charge is 0.330 e. The van der Waals surface area contributed by atoms with Crippen LogP contribution in [-0.2, 0) is 0 Å². The lowest BCUT2D eigenvalue weighted by molar-refractivity contribution is 0.0389. The number of halogens is 2. The molecule has 0 unspecified atom stereocenters. The third-order valence-electron chi connectivity index (χ3n) is 2.58. The highest BCUT2D eigenvalue weighted by Crippen LogP contribution is 2.28. The summed E-state index contributed by atoms with van der Waals surface area (Å²) in [6.45, 7) is 0. The van der Waals surface area contributed by atoms with Crippen LogP contribution in [0.5, 0.6) is 0 Å². The number of ketones is 1. The molecule has 0 saturated heterocycles. The van der Waals surface area contributed by atoms with Crippen LogP contribution in [0.1, 0.15) is 15.2 Å². The van der Waals surface area contributed by atoms with E-state index in [0.717, 1.165) is 11.3 Å². The van der Waals surface area contributed by atoms with Crippen LogP contribution in [0.3, 0.4) is 0 Å². The van der Waals surface area contributed by atoms with E-state index < -0.39 is 11.7 Å². The van der Waals surface area contributed by atoms with Crippen LogP contribution in [0.15, 0.2) is 53.9 Å². The van der Waals surface area contributed by atoms with Gasteiger partial charge in [0.15, 0.2) is 0 Å². The van der Waals surface area contributed by atoms with Gasteiger partial charge in [-0.2, -0.15) is 14.0 Å². The van der Waals surface area contributed by atoms with Crippen molar-refractivity contribution in [2.24, 2.45) is 0 Å². The Morgan fingerprint density at radius 3 is 2.45 bits per heavy atom. The predicted octanol–water partition coefficient (Wildman–Crippen LogP) is 4.17. The second kappa shape index (κ2) is 5.76. The van der Waals surface area contributed by atoms with Gasteiger partial charge in [0.25, 0.3) is 0 Å². The fourth-order valence-electron chi connectivity index (χ4n) is 1.62. The number of Topliss-reactive ketones (excluding diaryl/α,β-unsaturated/α-hetero) is 1. The van der Waals surface area contributed by atoms with Gasteiger partial charge in [-0.25, -0.2) is 0 Å². The monoisotopic (exact) mass is 289 g/mol. The van der Waals surface area contributed by atoms with Gasteiger partial charge in [-0.3, -0.25) is 4.79 Å². The fraction of sp³-hybridized carbons (Fsp3) is 0.0667. The highest BCUT2D eigenvalue weighted by atomic mass is 32.1. The summed E-state index contributed by atoms with van der Waals surface area (Å²) in [5.41, 5.74) is 0.133. The molecule has 0 N–H and O–H groups in total. The molecule has 0 radical (unpaired) electrons. The SMILES string of the molecule is N#C/C(=C/C(F)(F)C(=O)c1cccs1)c1ccccc1. The van der Waals surface area contributed by atoms with Crippen LogP contribution in [0.25, 0.3) is 5.57 Å². The molecule has 0 bridgehead atoms. The molecule has 0 amide bonds. The molecule has 0 atom stereocenters. The van der Waals surface area contributed by atoms with Crippen LogP contribution in [0, 0.1) is 11.3 Å². The molecule has 1 aromatic carbocycles. The Morgan fingerprint density at radius 1 is 1.20 bits per heavy atom. The topological polar surface area (TPSA) is 40.9 Å². The van der Waals surface area contributed by atoms with E-state index in [1.807, 2.05) is 0 Å². The van der Waals surface area contributed by atoms with Crippen molar-refractivity contribution in [2.45, 2.75) is 5.92 Å². The van der Waals surface area contributed by atoms with Crippen molar-refractivity contribution in [1.82, 2.24) is 0 Å². The molecule has 2 rings (SSSR count). The van der Waals surface area contributed by atoms with Gasteiger partial charge in [0.05, 0.1) is 16.5 Å². The number of carbonyl (C=O) groups is 1. The van der Waals surface area contributed by atoms with Gasteiger partial charge in [0.1, 0.15) is 0 Å². The number of nitrogens with zero attached hydrogens (tertiary/aromatic N) is 1. The maximum Gasteiger partial charge on any atom is 0.330 e. The first-order chi connectivity index (χ1) is 9.54. The van der Waals surface area contributed by atoms with Gasteiger partial charge in [-0.05, 0) is 17.0 Å². The molecule has 2 nitrogen and oxygen atoms in total. The lowest BCUT2D eigenvalue weighted by atomic mass is 10.0. The summed E-state index contributed by atoms with van der Waals surface area (Å²) >= 11 is 0.947. The highest BCUT2D eigenvalue weighted by molar-refractivity contribution is 7.12. The molecule has 0 aliphatic carbocycles. The number of rotatable bonds is 4. The molecule has 100 valence electrons. The van der Waals surface area contributed by atoms with Gasteiger partial charge in [-0.1, -0.05) is 36.4 Å². The fourth-order valence-corrected chi connectivity index (χ4v) is 2.32. The van der Waals surface area contributed by atoms with E-state index in [0.29, 0.717) is 11.6 Å². The number of benzene rings is 1. The van der Waals surface area contributed by atoms with E-state index >= 15 is 0 Å². The number of nitriles is 1. The Hall–Kier alpha value is -2.32. The zero-order valence-corrected chi connectivity index (χ0v) is 11.0.